The van der Waals surface area contributed by atoms with Crippen molar-refractivity contribution in [1.82, 2.24) is 5.32 Å². The summed E-state index contributed by atoms with van der Waals surface area (Å²) in [6.07, 6.45) is 5.19. The van der Waals surface area contributed by atoms with Crippen molar-refractivity contribution in [2.45, 2.75) is 38.3 Å². The molecule has 0 aliphatic heterocycles. The maximum absolute atomic E-state index is 8.64. The van der Waals surface area contributed by atoms with Crippen LogP contribution in [0.1, 0.15) is 30.6 Å². The van der Waals surface area contributed by atoms with Crippen LogP contribution in [0.15, 0.2) is 12.1 Å². The average Bonchev–Trinajstić information content (AvgIpc) is 2.84. The molecule has 4 nitrogen and oxygen atoms in total. The van der Waals surface area contributed by atoms with Crippen molar-refractivity contribution in [2.24, 2.45) is 0 Å². The Morgan fingerprint density at radius 2 is 2.12 bits per heavy atom. The molecular weight excluding hydrogens is 225 g/mol. The lowest BCUT2D eigenvalue weighted by Crippen LogP contribution is -2.24. The minimum Gasteiger partial charge on any atom is -0.504 e. The second-order valence-electron chi connectivity index (χ2n) is 4.03. The van der Waals surface area contributed by atoms with Crippen molar-refractivity contribution in [3.05, 3.63) is 17.0 Å². The van der Waals surface area contributed by atoms with Gasteiger partial charge < -0.3 is 20.0 Å². The first-order valence-electron chi connectivity index (χ1n) is 5.59. The normalized spacial score (nSPS) is 16.6. The predicted octanol–water partition coefficient (Wildman–Crippen LogP) is 1.13. The molecule has 16 heavy (non-hydrogen) atoms. The molecule has 1 saturated carbocycles. The van der Waals surface area contributed by atoms with Crippen molar-refractivity contribution >= 4 is 18.7 Å². The van der Waals surface area contributed by atoms with Crippen LogP contribution in [0, 0.1) is 0 Å². The molecule has 0 saturated heterocycles. The van der Waals surface area contributed by atoms with Crippen molar-refractivity contribution in [3.63, 3.8) is 0 Å². The standard InChI is InChI=1S/C10H16BNO3S/c13-11(14)15-10-6-5-9(16-10)7-12-8-3-1-2-4-8/h5-6,8,12-14H,1-4,7H2. The Labute approximate surface area is 99.4 Å². The Kier molecular flexibility index (Phi) is 4.23. The summed E-state index contributed by atoms with van der Waals surface area (Å²) in [5.74, 6) is 0. The molecule has 6 heteroatoms. The summed E-state index contributed by atoms with van der Waals surface area (Å²) in [5, 5.41) is 21.3. The zero-order valence-corrected chi connectivity index (χ0v) is 9.87. The maximum Gasteiger partial charge on any atom is 0.708 e. The average molecular weight is 241 g/mol. The van der Waals surface area contributed by atoms with Gasteiger partial charge in [0.2, 0.25) is 0 Å². The highest BCUT2D eigenvalue weighted by atomic mass is 32.1. The Bertz CT molecular complexity index is 326. The molecule has 1 heterocycles. The lowest BCUT2D eigenvalue weighted by Gasteiger charge is -2.09. The van der Waals surface area contributed by atoms with E-state index in [-0.39, 0.29) is 0 Å². The number of nitrogens with one attached hydrogen (secondary N) is 1. The summed E-state index contributed by atoms with van der Waals surface area (Å²) < 4.78 is 4.77. The summed E-state index contributed by atoms with van der Waals surface area (Å²) in [7, 11) is -1.73. The van der Waals surface area contributed by atoms with Gasteiger partial charge in [-0.1, -0.05) is 12.8 Å². The third kappa shape index (κ3) is 3.48. The van der Waals surface area contributed by atoms with Crippen LogP contribution in [0.5, 0.6) is 5.06 Å². The lowest BCUT2D eigenvalue weighted by molar-refractivity contribution is 0.292. The van der Waals surface area contributed by atoms with Gasteiger partial charge in [-0.25, -0.2) is 0 Å². The van der Waals surface area contributed by atoms with Gasteiger partial charge in [0.15, 0.2) is 5.06 Å². The molecule has 0 unspecified atom stereocenters. The molecule has 0 aromatic carbocycles. The first-order valence-corrected chi connectivity index (χ1v) is 6.40. The van der Waals surface area contributed by atoms with E-state index in [1.807, 2.05) is 6.07 Å². The predicted molar refractivity (Wildman–Crippen MR) is 64.2 cm³/mol. The molecule has 0 amide bonds. The fraction of sp³-hybridized carbons (Fsp3) is 0.600. The van der Waals surface area contributed by atoms with E-state index in [1.165, 1.54) is 37.0 Å². The lowest BCUT2D eigenvalue weighted by atomic mass is 10.2. The summed E-state index contributed by atoms with van der Waals surface area (Å²) in [6, 6.07) is 4.36. The van der Waals surface area contributed by atoms with Crippen molar-refractivity contribution in [1.29, 1.82) is 0 Å². The molecule has 3 N–H and O–H groups in total. The first kappa shape index (κ1) is 11.9. The Morgan fingerprint density at radius 1 is 1.38 bits per heavy atom. The Balaban J connectivity index is 1.78. The number of hydrogen-bond donors (Lipinski definition) is 3. The van der Waals surface area contributed by atoms with E-state index in [0.29, 0.717) is 11.1 Å². The fourth-order valence-corrected chi connectivity index (χ4v) is 2.82. The van der Waals surface area contributed by atoms with E-state index in [4.69, 9.17) is 14.7 Å². The van der Waals surface area contributed by atoms with E-state index in [9.17, 15) is 0 Å². The quantitative estimate of drug-likeness (QED) is 0.676. The molecule has 1 aromatic rings. The van der Waals surface area contributed by atoms with E-state index < -0.39 is 7.32 Å². The molecule has 2 rings (SSSR count). The van der Waals surface area contributed by atoms with Crippen molar-refractivity contribution in [3.8, 4) is 5.06 Å². The van der Waals surface area contributed by atoms with Gasteiger partial charge in [-0.05, 0) is 25.0 Å². The summed E-state index contributed by atoms with van der Waals surface area (Å²) >= 11 is 1.44. The fourth-order valence-electron chi connectivity index (χ4n) is 2.00. The molecule has 1 aromatic heterocycles. The summed E-state index contributed by atoms with van der Waals surface area (Å²) in [6.45, 7) is 0.834. The second kappa shape index (κ2) is 5.68. The zero-order chi connectivity index (χ0) is 11.4. The number of hydrogen-bond acceptors (Lipinski definition) is 5. The second-order valence-corrected chi connectivity index (χ2v) is 5.16. The van der Waals surface area contributed by atoms with Crippen LogP contribution in [0.2, 0.25) is 0 Å². The zero-order valence-electron chi connectivity index (χ0n) is 9.06. The smallest absolute Gasteiger partial charge is 0.504 e. The highest BCUT2D eigenvalue weighted by Gasteiger charge is 2.15. The topological polar surface area (TPSA) is 61.7 Å². The molecular formula is C10H16BNO3S. The highest BCUT2D eigenvalue weighted by molar-refractivity contribution is 7.14. The van der Waals surface area contributed by atoms with Gasteiger partial charge in [0.25, 0.3) is 0 Å². The van der Waals surface area contributed by atoms with Gasteiger partial charge in [-0.3, -0.25) is 0 Å². The molecule has 1 fully saturated rings. The van der Waals surface area contributed by atoms with Crippen molar-refractivity contribution in [2.75, 3.05) is 0 Å². The van der Waals surface area contributed by atoms with Crippen LogP contribution in [-0.2, 0) is 6.54 Å². The highest BCUT2D eigenvalue weighted by Crippen LogP contribution is 2.25. The van der Waals surface area contributed by atoms with Gasteiger partial charge in [0, 0.05) is 17.5 Å². The third-order valence-corrected chi connectivity index (χ3v) is 3.75. The molecule has 0 bridgehead atoms. The number of thiophene rings is 1. The monoisotopic (exact) mass is 241 g/mol. The molecule has 1 aliphatic carbocycles. The number of rotatable bonds is 5. The largest absolute Gasteiger partial charge is 0.708 e. The van der Waals surface area contributed by atoms with Gasteiger partial charge in [0.1, 0.15) is 0 Å². The van der Waals surface area contributed by atoms with Crippen LogP contribution in [0.4, 0.5) is 0 Å². The summed E-state index contributed by atoms with van der Waals surface area (Å²) in [4.78, 5) is 1.16. The van der Waals surface area contributed by atoms with Crippen LogP contribution < -0.4 is 9.97 Å². The molecule has 0 atom stereocenters. The van der Waals surface area contributed by atoms with Crippen LogP contribution in [0.3, 0.4) is 0 Å². The van der Waals surface area contributed by atoms with Crippen molar-refractivity contribution < 1.29 is 14.7 Å². The molecule has 0 radical (unpaired) electrons. The summed E-state index contributed by atoms with van der Waals surface area (Å²) in [5.41, 5.74) is 0. The van der Waals surface area contributed by atoms with Crippen LogP contribution in [0.25, 0.3) is 0 Å². The van der Waals surface area contributed by atoms with Gasteiger partial charge in [-0.2, -0.15) is 0 Å². The Hall–Kier alpha value is -0.555. The van der Waals surface area contributed by atoms with E-state index in [2.05, 4.69) is 5.32 Å². The molecule has 1 aliphatic rings. The van der Waals surface area contributed by atoms with Gasteiger partial charge >= 0.3 is 7.32 Å². The minimum absolute atomic E-state index is 0.540. The molecule has 0 spiro atoms. The Morgan fingerprint density at radius 3 is 2.81 bits per heavy atom. The third-order valence-electron chi connectivity index (χ3n) is 2.78. The van der Waals surface area contributed by atoms with E-state index in [1.54, 1.807) is 6.07 Å². The van der Waals surface area contributed by atoms with Crippen LogP contribution in [-0.4, -0.2) is 23.4 Å². The van der Waals surface area contributed by atoms with E-state index in [0.717, 1.165) is 11.4 Å². The SMILES string of the molecule is OB(O)Oc1ccc(CNC2CCCC2)s1. The van der Waals surface area contributed by atoms with E-state index >= 15 is 0 Å². The first-order chi connectivity index (χ1) is 7.74. The van der Waals surface area contributed by atoms with Gasteiger partial charge in [0.05, 0.1) is 0 Å². The van der Waals surface area contributed by atoms with Crippen LogP contribution >= 0.6 is 11.3 Å². The molecule has 88 valence electrons. The minimum atomic E-state index is -1.73. The van der Waals surface area contributed by atoms with Gasteiger partial charge in [-0.15, -0.1) is 11.3 Å². The maximum atomic E-state index is 8.64.